The van der Waals surface area contributed by atoms with Gasteiger partial charge < -0.3 is 15.2 Å². The SMILES string of the molecule is CCOC(=O)N[C@@H](Cc1ccccc1)[C@H](O)CN(Cc1ccc([N+](=O)[O-])cc1)CC(C)C. The summed E-state index contributed by atoms with van der Waals surface area (Å²) in [6.45, 7) is 7.76. The molecule has 0 aliphatic carbocycles. The molecule has 2 atom stereocenters. The van der Waals surface area contributed by atoms with Gasteiger partial charge in [0.05, 0.1) is 23.7 Å². The molecule has 0 aliphatic heterocycles. The van der Waals surface area contributed by atoms with E-state index in [4.69, 9.17) is 4.74 Å². The number of nitro groups is 1. The molecule has 1 amide bonds. The zero-order valence-electron chi connectivity index (χ0n) is 18.9. The fraction of sp³-hybridized carbons (Fsp3) is 0.458. The molecule has 174 valence electrons. The number of aliphatic hydroxyl groups excluding tert-OH is 1. The Kier molecular flexibility index (Phi) is 10.1. The van der Waals surface area contributed by atoms with Crippen LogP contribution in [0, 0.1) is 16.0 Å². The molecule has 0 spiro atoms. The van der Waals surface area contributed by atoms with Crippen LogP contribution in [0.5, 0.6) is 0 Å². The lowest BCUT2D eigenvalue weighted by Gasteiger charge is -2.31. The number of amides is 1. The van der Waals surface area contributed by atoms with Crippen molar-refractivity contribution in [3.63, 3.8) is 0 Å². The van der Waals surface area contributed by atoms with Crippen LogP contribution in [-0.4, -0.2) is 52.9 Å². The third-order valence-electron chi connectivity index (χ3n) is 4.96. The summed E-state index contributed by atoms with van der Waals surface area (Å²) >= 11 is 0. The molecule has 2 aromatic carbocycles. The van der Waals surface area contributed by atoms with Gasteiger partial charge in [-0.25, -0.2) is 4.79 Å². The minimum absolute atomic E-state index is 0.0470. The van der Waals surface area contributed by atoms with Gasteiger partial charge in [0, 0.05) is 31.8 Å². The molecule has 0 aromatic heterocycles. The highest BCUT2D eigenvalue weighted by Crippen LogP contribution is 2.16. The Balaban J connectivity index is 2.13. The first-order valence-corrected chi connectivity index (χ1v) is 10.9. The van der Waals surface area contributed by atoms with Gasteiger partial charge in [0.15, 0.2) is 0 Å². The average Bonchev–Trinajstić information content (AvgIpc) is 2.74. The number of nitro benzene ring substituents is 1. The Hall–Kier alpha value is -2.97. The highest BCUT2D eigenvalue weighted by atomic mass is 16.6. The highest BCUT2D eigenvalue weighted by molar-refractivity contribution is 5.67. The summed E-state index contributed by atoms with van der Waals surface area (Å²) in [6, 6.07) is 15.6. The molecular weight excluding hydrogens is 410 g/mol. The predicted octanol–water partition coefficient (Wildman–Crippen LogP) is 3.77. The number of aliphatic hydroxyl groups is 1. The minimum Gasteiger partial charge on any atom is -0.450 e. The van der Waals surface area contributed by atoms with Crippen LogP contribution in [0.1, 0.15) is 31.9 Å². The van der Waals surface area contributed by atoms with Gasteiger partial charge in [-0.3, -0.25) is 15.0 Å². The Morgan fingerprint density at radius 3 is 2.31 bits per heavy atom. The Bertz CT molecular complexity index is 842. The normalized spacial score (nSPS) is 13.1. The number of carbonyl (C=O) groups excluding carboxylic acids is 1. The van der Waals surface area contributed by atoms with Gasteiger partial charge >= 0.3 is 6.09 Å². The van der Waals surface area contributed by atoms with Gasteiger partial charge in [0.1, 0.15) is 0 Å². The lowest BCUT2D eigenvalue weighted by atomic mass is 10.0. The van der Waals surface area contributed by atoms with Crippen molar-refractivity contribution in [2.45, 2.75) is 45.9 Å². The van der Waals surface area contributed by atoms with E-state index in [1.807, 2.05) is 30.3 Å². The van der Waals surface area contributed by atoms with Crippen molar-refractivity contribution in [1.82, 2.24) is 10.2 Å². The third kappa shape index (κ3) is 8.64. The monoisotopic (exact) mass is 443 g/mol. The van der Waals surface area contributed by atoms with Gasteiger partial charge in [-0.2, -0.15) is 0 Å². The predicted molar refractivity (Wildman–Crippen MR) is 123 cm³/mol. The van der Waals surface area contributed by atoms with Crippen LogP contribution in [0.25, 0.3) is 0 Å². The number of rotatable bonds is 12. The van der Waals surface area contributed by atoms with Crippen molar-refractivity contribution in [1.29, 1.82) is 0 Å². The Morgan fingerprint density at radius 2 is 1.75 bits per heavy atom. The second kappa shape index (κ2) is 12.8. The van der Waals surface area contributed by atoms with E-state index in [9.17, 15) is 20.0 Å². The van der Waals surface area contributed by atoms with Crippen molar-refractivity contribution in [3.05, 3.63) is 75.8 Å². The molecule has 2 N–H and O–H groups in total. The van der Waals surface area contributed by atoms with Crippen LogP contribution in [0.3, 0.4) is 0 Å². The largest absolute Gasteiger partial charge is 0.450 e. The summed E-state index contributed by atoms with van der Waals surface area (Å²) in [5.41, 5.74) is 1.96. The van der Waals surface area contributed by atoms with E-state index in [1.54, 1.807) is 19.1 Å². The molecule has 0 radical (unpaired) electrons. The summed E-state index contributed by atoms with van der Waals surface area (Å²) in [5.74, 6) is 0.353. The lowest BCUT2D eigenvalue weighted by molar-refractivity contribution is -0.384. The second-order valence-electron chi connectivity index (χ2n) is 8.24. The van der Waals surface area contributed by atoms with Gasteiger partial charge in [0.25, 0.3) is 5.69 Å². The summed E-state index contributed by atoms with van der Waals surface area (Å²) in [4.78, 5) is 24.7. The number of carbonyl (C=O) groups is 1. The average molecular weight is 444 g/mol. The molecule has 0 heterocycles. The van der Waals surface area contributed by atoms with E-state index in [-0.39, 0.29) is 12.3 Å². The smallest absolute Gasteiger partial charge is 0.407 e. The minimum atomic E-state index is -0.837. The number of nitrogens with zero attached hydrogens (tertiary/aromatic N) is 2. The van der Waals surface area contributed by atoms with Crippen molar-refractivity contribution in [2.75, 3.05) is 19.7 Å². The van der Waals surface area contributed by atoms with Crippen LogP contribution < -0.4 is 5.32 Å². The van der Waals surface area contributed by atoms with Crippen LogP contribution in [0.4, 0.5) is 10.5 Å². The quantitative estimate of drug-likeness (QED) is 0.382. The maximum atomic E-state index is 12.1. The number of non-ortho nitro benzene ring substituents is 1. The van der Waals surface area contributed by atoms with Crippen molar-refractivity contribution in [3.8, 4) is 0 Å². The fourth-order valence-corrected chi connectivity index (χ4v) is 3.57. The number of nitrogens with one attached hydrogen (secondary N) is 1. The first-order valence-electron chi connectivity index (χ1n) is 10.9. The van der Waals surface area contributed by atoms with Crippen molar-refractivity contribution in [2.24, 2.45) is 5.92 Å². The second-order valence-corrected chi connectivity index (χ2v) is 8.24. The standard InChI is InChI=1S/C24H33N3O5/c1-4-32-24(29)25-22(14-19-8-6-5-7-9-19)23(28)17-26(15-18(2)3)16-20-10-12-21(13-11-20)27(30)31/h5-13,18,22-23,28H,4,14-17H2,1-3H3,(H,25,29)/t22-,23+/m0/s1. The number of alkyl carbamates (subject to hydrolysis) is 1. The summed E-state index contributed by atoms with van der Waals surface area (Å²) in [5, 5.41) is 24.8. The van der Waals surface area contributed by atoms with E-state index in [0.717, 1.165) is 17.7 Å². The molecule has 0 saturated carbocycles. The highest BCUT2D eigenvalue weighted by Gasteiger charge is 2.25. The van der Waals surface area contributed by atoms with Crippen LogP contribution in [0.2, 0.25) is 0 Å². The topological polar surface area (TPSA) is 105 Å². The van der Waals surface area contributed by atoms with Gasteiger partial charge in [-0.05, 0) is 30.4 Å². The zero-order valence-corrected chi connectivity index (χ0v) is 18.9. The molecule has 8 heteroatoms. The third-order valence-corrected chi connectivity index (χ3v) is 4.96. The van der Waals surface area contributed by atoms with Crippen molar-refractivity contribution < 1.29 is 19.6 Å². The van der Waals surface area contributed by atoms with E-state index in [1.165, 1.54) is 12.1 Å². The molecule has 8 nitrogen and oxygen atoms in total. The molecule has 0 saturated heterocycles. The number of hydrogen-bond donors (Lipinski definition) is 2. The molecular formula is C24H33N3O5. The molecule has 0 aliphatic rings. The molecule has 32 heavy (non-hydrogen) atoms. The van der Waals surface area contributed by atoms with Gasteiger partial charge in [0.2, 0.25) is 0 Å². The molecule has 0 bridgehead atoms. The summed E-state index contributed by atoms with van der Waals surface area (Å²) in [7, 11) is 0. The maximum absolute atomic E-state index is 12.1. The number of benzene rings is 2. The summed E-state index contributed by atoms with van der Waals surface area (Å²) in [6.07, 6.45) is -0.928. The van der Waals surface area contributed by atoms with Crippen LogP contribution in [-0.2, 0) is 17.7 Å². The molecule has 0 fully saturated rings. The number of ether oxygens (including phenoxy) is 1. The van der Waals surface area contributed by atoms with Crippen LogP contribution in [0.15, 0.2) is 54.6 Å². The fourth-order valence-electron chi connectivity index (χ4n) is 3.57. The van der Waals surface area contributed by atoms with E-state index in [2.05, 4.69) is 24.1 Å². The zero-order chi connectivity index (χ0) is 23.5. The van der Waals surface area contributed by atoms with E-state index < -0.39 is 23.2 Å². The van der Waals surface area contributed by atoms with E-state index >= 15 is 0 Å². The maximum Gasteiger partial charge on any atom is 0.407 e. The molecule has 0 unspecified atom stereocenters. The number of hydrogen-bond acceptors (Lipinski definition) is 6. The Morgan fingerprint density at radius 1 is 1.09 bits per heavy atom. The molecule has 2 rings (SSSR count). The van der Waals surface area contributed by atoms with Crippen molar-refractivity contribution >= 4 is 11.8 Å². The first-order chi connectivity index (χ1) is 15.3. The lowest BCUT2D eigenvalue weighted by Crippen LogP contribution is -2.50. The van der Waals surface area contributed by atoms with E-state index in [0.29, 0.717) is 25.4 Å². The van der Waals surface area contributed by atoms with Gasteiger partial charge in [-0.1, -0.05) is 56.3 Å². The summed E-state index contributed by atoms with van der Waals surface area (Å²) < 4.78 is 5.03. The first kappa shape index (κ1) is 25.3. The Labute approximate surface area is 189 Å². The van der Waals surface area contributed by atoms with Crippen LogP contribution >= 0.6 is 0 Å². The van der Waals surface area contributed by atoms with Gasteiger partial charge in [-0.15, -0.1) is 0 Å². The molecule has 2 aromatic rings.